The molecule has 0 saturated carbocycles. The van der Waals surface area contributed by atoms with Crippen molar-refractivity contribution in [3.05, 3.63) is 78.6 Å². The van der Waals surface area contributed by atoms with Crippen LogP contribution in [0.1, 0.15) is 5.82 Å². The van der Waals surface area contributed by atoms with E-state index in [-0.39, 0.29) is 0 Å². The number of imidazole rings is 1. The van der Waals surface area contributed by atoms with Gasteiger partial charge in [-0.25, -0.2) is 9.97 Å². The van der Waals surface area contributed by atoms with Crippen LogP contribution in [0.4, 0.5) is 0 Å². The molecule has 32 heavy (non-hydrogen) atoms. The monoisotopic (exact) mass is 443 g/mol. The summed E-state index contributed by atoms with van der Waals surface area (Å²) in [5.74, 6) is 3.90. The molecule has 0 amide bonds. The van der Waals surface area contributed by atoms with Gasteiger partial charge in [0, 0.05) is 11.3 Å². The molecule has 0 aliphatic rings. The molecule has 8 heteroatoms. The lowest BCUT2D eigenvalue weighted by Gasteiger charge is -2.09. The maximum Gasteiger partial charge on any atom is 0.209 e. The maximum absolute atomic E-state index is 5.31. The van der Waals surface area contributed by atoms with E-state index in [0.717, 1.165) is 45.4 Å². The van der Waals surface area contributed by atoms with Crippen molar-refractivity contribution >= 4 is 22.8 Å². The number of nitrogens with one attached hydrogen (secondary N) is 1. The largest absolute Gasteiger partial charge is 0.497 e. The van der Waals surface area contributed by atoms with Crippen molar-refractivity contribution in [3.63, 3.8) is 0 Å². The first kappa shape index (κ1) is 20.1. The third kappa shape index (κ3) is 3.92. The quantitative estimate of drug-likeness (QED) is 0.352. The smallest absolute Gasteiger partial charge is 0.209 e. The minimum atomic E-state index is 0.626. The minimum absolute atomic E-state index is 0.626. The van der Waals surface area contributed by atoms with Crippen LogP contribution in [0.25, 0.3) is 28.1 Å². The molecule has 0 radical (unpaired) electrons. The highest BCUT2D eigenvalue weighted by Gasteiger charge is 2.14. The van der Waals surface area contributed by atoms with Crippen molar-refractivity contribution in [3.8, 4) is 28.6 Å². The standard InChI is InChI=1S/C24H21N5O2S/c1-30-18-11-7-16(8-12-18)23-26-24(28-27-23)32-15-22-25-20-5-3-4-6-21(20)29(22)17-9-13-19(31-2)14-10-17/h3-14H,15H2,1-2H3,(H,26,27,28). The molecule has 0 aliphatic carbocycles. The molecule has 0 saturated heterocycles. The van der Waals surface area contributed by atoms with Gasteiger partial charge in [-0.15, -0.1) is 5.10 Å². The van der Waals surface area contributed by atoms with E-state index < -0.39 is 0 Å². The van der Waals surface area contributed by atoms with Gasteiger partial charge in [-0.2, -0.15) is 0 Å². The van der Waals surface area contributed by atoms with E-state index in [2.05, 4.69) is 25.8 Å². The summed E-state index contributed by atoms with van der Waals surface area (Å²) in [6, 6.07) is 23.8. The number of benzene rings is 3. The van der Waals surface area contributed by atoms with E-state index in [1.165, 1.54) is 0 Å². The maximum atomic E-state index is 5.31. The number of rotatable bonds is 7. The zero-order chi connectivity index (χ0) is 21.9. The van der Waals surface area contributed by atoms with Crippen LogP contribution in [0.15, 0.2) is 78.0 Å². The van der Waals surface area contributed by atoms with Crippen molar-refractivity contribution in [1.29, 1.82) is 0 Å². The van der Waals surface area contributed by atoms with Gasteiger partial charge in [-0.3, -0.25) is 9.67 Å². The van der Waals surface area contributed by atoms with Crippen molar-refractivity contribution in [2.75, 3.05) is 14.2 Å². The van der Waals surface area contributed by atoms with Gasteiger partial charge in [0.1, 0.15) is 17.3 Å². The molecule has 7 nitrogen and oxygen atoms in total. The second-order valence-electron chi connectivity index (χ2n) is 7.03. The normalized spacial score (nSPS) is 11.1. The molecule has 0 bridgehead atoms. The van der Waals surface area contributed by atoms with Gasteiger partial charge in [0.25, 0.3) is 0 Å². The van der Waals surface area contributed by atoms with Crippen LogP contribution in [-0.2, 0) is 5.75 Å². The molecule has 2 aromatic heterocycles. The van der Waals surface area contributed by atoms with Crippen LogP contribution in [0, 0.1) is 0 Å². The third-order valence-electron chi connectivity index (χ3n) is 5.12. The summed E-state index contributed by atoms with van der Waals surface area (Å²) in [6.45, 7) is 0. The number of aromatic amines is 1. The lowest BCUT2D eigenvalue weighted by atomic mass is 10.2. The summed E-state index contributed by atoms with van der Waals surface area (Å²) in [5.41, 5.74) is 4.00. The van der Waals surface area contributed by atoms with Crippen LogP contribution in [-0.4, -0.2) is 39.0 Å². The second kappa shape index (κ2) is 8.76. The highest BCUT2D eigenvalue weighted by atomic mass is 32.2. The lowest BCUT2D eigenvalue weighted by molar-refractivity contribution is 0.414. The van der Waals surface area contributed by atoms with Gasteiger partial charge in [0.2, 0.25) is 5.16 Å². The first-order valence-corrected chi connectivity index (χ1v) is 11.0. The van der Waals surface area contributed by atoms with Crippen LogP contribution in [0.3, 0.4) is 0 Å². The molecule has 0 aliphatic heterocycles. The van der Waals surface area contributed by atoms with E-state index in [1.54, 1.807) is 26.0 Å². The van der Waals surface area contributed by atoms with E-state index in [0.29, 0.717) is 10.9 Å². The molecule has 5 aromatic rings. The first-order valence-electron chi connectivity index (χ1n) is 10.1. The van der Waals surface area contributed by atoms with Crippen molar-refractivity contribution in [1.82, 2.24) is 24.7 Å². The Kier molecular flexibility index (Phi) is 5.51. The summed E-state index contributed by atoms with van der Waals surface area (Å²) in [4.78, 5) is 9.49. The average molecular weight is 444 g/mol. The second-order valence-corrected chi connectivity index (χ2v) is 7.98. The van der Waals surface area contributed by atoms with Gasteiger partial charge in [0.05, 0.1) is 31.0 Å². The summed E-state index contributed by atoms with van der Waals surface area (Å²) < 4.78 is 12.7. The van der Waals surface area contributed by atoms with E-state index in [1.807, 2.05) is 66.7 Å². The van der Waals surface area contributed by atoms with Gasteiger partial charge >= 0.3 is 0 Å². The molecule has 160 valence electrons. The first-order chi connectivity index (χ1) is 15.7. The predicted octanol–water partition coefficient (Wildman–Crippen LogP) is 5.12. The van der Waals surface area contributed by atoms with Gasteiger partial charge in [-0.1, -0.05) is 23.9 Å². The summed E-state index contributed by atoms with van der Waals surface area (Å²) in [7, 11) is 3.32. The SMILES string of the molecule is COc1ccc(-c2nc(SCc3nc4ccccc4n3-c3ccc(OC)cc3)n[nH]2)cc1. The number of nitrogens with zero attached hydrogens (tertiary/aromatic N) is 4. The Labute approximate surface area is 189 Å². The Hall–Kier alpha value is -3.78. The van der Waals surface area contributed by atoms with Gasteiger partial charge in [0.15, 0.2) is 5.82 Å². The Balaban J connectivity index is 1.41. The molecule has 0 unspecified atom stereocenters. The number of hydrogen-bond donors (Lipinski definition) is 1. The van der Waals surface area contributed by atoms with Crippen molar-refractivity contribution in [2.45, 2.75) is 10.9 Å². The number of aromatic nitrogens is 5. The van der Waals surface area contributed by atoms with Crippen LogP contribution in [0.2, 0.25) is 0 Å². The highest BCUT2D eigenvalue weighted by molar-refractivity contribution is 7.98. The fourth-order valence-electron chi connectivity index (χ4n) is 3.51. The fourth-order valence-corrected chi connectivity index (χ4v) is 4.23. The van der Waals surface area contributed by atoms with Crippen LogP contribution >= 0.6 is 11.8 Å². The third-order valence-corrected chi connectivity index (χ3v) is 5.96. The number of fused-ring (bicyclic) bond motifs is 1. The molecule has 5 rings (SSSR count). The fraction of sp³-hybridized carbons (Fsp3) is 0.125. The number of hydrogen-bond acceptors (Lipinski definition) is 6. The topological polar surface area (TPSA) is 77.8 Å². The zero-order valence-corrected chi connectivity index (χ0v) is 18.5. The molecular weight excluding hydrogens is 422 g/mol. The van der Waals surface area contributed by atoms with Crippen molar-refractivity contribution in [2.24, 2.45) is 0 Å². The van der Waals surface area contributed by atoms with Gasteiger partial charge < -0.3 is 9.47 Å². The average Bonchev–Trinajstić information content (AvgIpc) is 3.47. The molecule has 0 fully saturated rings. The summed E-state index contributed by atoms with van der Waals surface area (Å²) in [5, 5.41) is 8.06. The molecule has 2 heterocycles. The molecular formula is C24H21N5O2S. The molecule has 1 N–H and O–H groups in total. The molecule has 0 atom stereocenters. The number of H-pyrrole nitrogens is 1. The zero-order valence-electron chi connectivity index (χ0n) is 17.6. The molecule has 3 aromatic carbocycles. The predicted molar refractivity (Wildman–Crippen MR) is 126 cm³/mol. The van der Waals surface area contributed by atoms with E-state index in [4.69, 9.17) is 14.5 Å². The number of methoxy groups -OCH3 is 2. The molecule has 0 spiro atoms. The van der Waals surface area contributed by atoms with Crippen LogP contribution < -0.4 is 9.47 Å². The Morgan fingerprint density at radius 2 is 1.53 bits per heavy atom. The Bertz CT molecular complexity index is 1340. The van der Waals surface area contributed by atoms with Crippen LogP contribution in [0.5, 0.6) is 11.5 Å². The number of ether oxygens (including phenoxy) is 2. The Morgan fingerprint density at radius 3 is 2.25 bits per heavy atom. The highest BCUT2D eigenvalue weighted by Crippen LogP contribution is 2.28. The van der Waals surface area contributed by atoms with Crippen molar-refractivity contribution < 1.29 is 9.47 Å². The number of para-hydroxylation sites is 2. The minimum Gasteiger partial charge on any atom is -0.497 e. The number of thioether (sulfide) groups is 1. The van der Waals surface area contributed by atoms with E-state index in [9.17, 15) is 0 Å². The summed E-state index contributed by atoms with van der Waals surface area (Å²) in [6.07, 6.45) is 0. The Morgan fingerprint density at radius 1 is 0.844 bits per heavy atom. The van der Waals surface area contributed by atoms with Gasteiger partial charge in [-0.05, 0) is 60.7 Å². The van der Waals surface area contributed by atoms with E-state index >= 15 is 0 Å². The lowest BCUT2D eigenvalue weighted by Crippen LogP contribution is -2.00. The summed E-state index contributed by atoms with van der Waals surface area (Å²) >= 11 is 1.54.